The van der Waals surface area contributed by atoms with Gasteiger partial charge in [0.05, 0.1) is 0 Å². The predicted octanol–water partition coefficient (Wildman–Crippen LogP) is 1.86. The van der Waals surface area contributed by atoms with Crippen LogP contribution in [0.1, 0.15) is 25.7 Å². The molecule has 2 fully saturated rings. The predicted molar refractivity (Wildman–Crippen MR) is 61.7 cm³/mol. The molecule has 2 nitrogen and oxygen atoms in total. The van der Waals surface area contributed by atoms with Crippen LogP contribution in [0.25, 0.3) is 0 Å². The van der Waals surface area contributed by atoms with Gasteiger partial charge >= 0.3 is 0 Å². The van der Waals surface area contributed by atoms with Gasteiger partial charge in [-0.1, -0.05) is 15.9 Å². The van der Waals surface area contributed by atoms with E-state index >= 15 is 0 Å². The Kier molecular flexibility index (Phi) is 3.50. The Morgan fingerprint density at radius 1 is 1.36 bits per heavy atom. The summed E-state index contributed by atoms with van der Waals surface area (Å²) in [5, 5.41) is 10.2. The number of fused-ring (bicyclic) bond motifs is 2. The maximum Gasteiger partial charge on any atom is 0.0469 e. The molecule has 2 aliphatic heterocycles. The molecule has 0 amide bonds. The molecular formula is C11H20BrNO. The second-order valence-electron chi connectivity index (χ2n) is 4.88. The highest BCUT2D eigenvalue weighted by Gasteiger charge is 2.40. The van der Waals surface area contributed by atoms with E-state index in [1.54, 1.807) is 0 Å². The number of alkyl halides is 1. The third kappa shape index (κ3) is 1.86. The van der Waals surface area contributed by atoms with Gasteiger partial charge in [0.1, 0.15) is 0 Å². The quantitative estimate of drug-likeness (QED) is 0.785. The normalized spacial score (nSPS) is 40.1. The molecule has 0 saturated carbocycles. The van der Waals surface area contributed by atoms with Gasteiger partial charge in [0, 0.05) is 24.0 Å². The minimum Gasteiger partial charge on any atom is -0.396 e. The zero-order valence-corrected chi connectivity index (χ0v) is 10.4. The highest BCUT2D eigenvalue weighted by atomic mass is 79.9. The number of halogens is 1. The average Bonchev–Trinajstić information content (AvgIpc) is 2.42. The lowest BCUT2D eigenvalue weighted by molar-refractivity contribution is 0.0844. The fourth-order valence-corrected chi connectivity index (χ4v) is 3.90. The number of hydrogen-bond acceptors (Lipinski definition) is 2. The SMILES string of the molecule is CN1C2CCC1CC(C(CO)CBr)C2. The van der Waals surface area contributed by atoms with Crippen LogP contribution in [0.2, 0.25) is 0 Å². The Bertz CT molecular complexity index is 182. The molecule has 0 aromatic heterocycles. The van der Waals surface area contributed by atoms with Gasteiger partial charge in [-0.25, -0.2) is 0 Å². The molecule has 2 saturated heterocycles. The Morgan fingerprint density at radius 2 is 1.93 bits per heavy atom. The van der Waals surface area contributed by atoms with Crippen LogP contribution in [-0.2, 0) is 0 Å². The van der Waals surface area contributed by atoms with Gasteiger partial charge in [-0.15, -0.1) is 0 Å². The van der Waals surface area contributed by atoms with E-state index in [1.165, 1.54) is 25.7 Å². The van der Waals surface area contributed by atoms with Crippen molar-refractivity contribution in [2.24, 2.45) is 11.8 Å². The van der Waals surface area contributed by atoms with E-state index in [9.17, 15) is 5.11 Å². The molecule has 3 heteroatoms. The number of aliphatic hydroxyl groups excluding tert-OH is 1. The van der Waals surface area contributed by atoms with E-state index < -0.39 is 0 Å². The van der Waals surface area contributed by atoms with E-state index in [-0.39, 0.29) is 0 Å². The van der Waals surface area contributed by atoms with Gasteiger partial charge in [0.2, 0.25) is 0 Å². The van der Waals surface area contributed by atoms with Crippen molar-refractivity contribution in [3.63, 3.8) is 0 Å². The van der Waals surface area contributed by atoms with Crippen molar-refractivity contribution in [2.45, 2.75) is 37.8 Å². The minimum absolute atomic E-state index is 0.346. The summed E-state index contributed by atoms with van der Waals surface area (Å²) in [4.78, 5) is 2.55. The van der Waals surface area contributed by atoms with Crippen molar-refractivity contribution in [1.82, 2.24) is 4.90 Å². The first kappa shape index (κ1) is 10.9. The fraction of sp³-hybridized carbons (Fsp3) is 1.00. The van der Waals surface area contributed by atoms with Crippen molar-refractivity contribution >= 4 is 15.9 Å². The zero-order valence-electron chi connectivity index (χ0n) is 8.82. The molecule has 2 bridgehead atoms. The van der Waals surface area contributed by atoms with Crippen LogP contribution >= 0.6 is 15.9 Å². The van der Waals surface area contributed by atoms with E-state index in [0.29, 0.717) is 12.5 Å². The largest absolute Gasteiger partial charge is 0.396 e. The third-order valence-electron chi connectivity index (χ3n) is 4.23. The molecule has 3 unspecified atom stereocenters. The first-order chi connectivity index (χ1) is 6.76. The smallest absolute Gasteiger partial charge is 0.0469 e. The Morgan fingerprint density at radius 3 is 2.36 bits per heavy atom. The topological polar surface area (TPSA) is 23.5 Å². The standard InChI is InChI=1S/C11H20BrNO/c1-13-10-2-3-11(13)5-8(4-10)9(6-12)7-14/h8-11,14H,2-7H2,1H3. The maximum atomic E-state index is 9.29. The van der Waals surface area contributed by atoms with Gasteiger partial charge in [-0.05, 0) is 44.6 Å². The van der Waals surface area contributed by atoms with Crippen molar-refractivity contribution in [3.8, 4) is 0 Å². The van der Waals surface area contributed by atoms with Crippen LogP contribution in [0.5, 0.6) is 0 Å². The van der Waals surface area contributed by atoms with E-state index in [4.69, 9.17) is 0 Å². The molecule has 0 aromatic rings. The first-order valence-electron chi connectivity index (χ1n) is 5.65. The highest BCUT2D eigenvalue weighted by molar-refractivity contribution is 9.09. The molecule has 2 aliphatic rings. The number of nitrogens with zero attached hydrogens (tertiary/aromatic N) is 1. The molecule has 0 radical (unpaired) electrons. The van der Waals surface area contributed by atoms with Gasteiger partial charge in [-0.3, -0.25) is 0 Å². The summed E-state index contributed by atoms with van der Waals surface area (Å²) in [5.41, 5.74) is 0. The second-order valence-corrected chi connectivity index (χ2v) is 5.53. The van der Waals surface area contributed by atoms with Crippen molar-refractivity contribution in [3.05, 3.63) is 0 Å². The molecule has 0 aliphatic carbocycles. The van der Waals surface area contributed by atoms with Gasteiger partial charge in [-0.2, -0.15) is 0 Å². The first-order valence-corrected chi connectivity index (χ1v) is 6.77. The van der Waals surface area contributed by atoms with E-state index in [1.807, 2.05) is 0 Å². The van der Waals surface area contributed by atoms with E-state index in [2.05, 4.69) is 27.9 Å². The molecule has 82 valence electrons. The lowest BCUT2D eigenvalue weighted by Gasteiger charge is -2.39. The Hall–Kier alpha value is 0.400. The molecule has 2 rings (SSSR count). The number of rotatable bonds is 3. The molecule has 0 spiro atoms. The lowest BCUT2D eigenvalue weighted by atomic mass is 9.82. The maximum absolute atomic E-state index is 9.29. The van der Waals surface area contributed by atoms with Crippen LogP contribution in [0.3, 0.4) is 0 Å². The minimum atomic E-state index is 0.346. The summed E-state index contributed by atoms with van der Waals surface area (Å²) in [6.07, 6.45) is 5.34. The second kappa shape index (κ2) is 4.50. The molecule has 2 heterocycles. The summed E-state index contributed by atoms with van der Waals surface area (Å²) in [6, 6.07) is 1.60. The van der Waals surface area contributed by atoms with Crippen LogP contribution < -0.4 is 0 Å². The highest BCUT2D eigenvalue weighted by Crippen LogP contribution is 2.40. The van der Waals surface area contributed by atoms with Crippen LogP contribution in [0.15, 0.2) is 0 Å². The summed E-state index contributed by atoms with van der Waals surface area (Å²) >= 11 is 3.51. The summed E-state index contributed by atoms with van der Waals surface area (Å²) < 4.78 is 0. The monoisotopic (exact) mass is 261 g/mol. The fourth-order valence-electron chi connectivity index (χ4n) is 3.16. The molecule has 3 atom stereocenters. The van der Waals surface area contributed by atoms with Crippen LogP contribution in [0, 0.1) is 11.8 Å². The summed E-state index contributed by atoms with van der Waals surface area (Å²) in [5.74, 6) is 1.22. The number of aliphatic hydroxyl groups is 1. The average molecular weight is 262 g/mol. The Labute approximate surface area is 94.8 Å². The zero-order chi connectivity index (χ0) is 10.1. The third-order valence-corrected chi connectivity index (χ3v) is 5.07. The summed E-state index contributed by atoms with van der Waals surface area (Å²) in [7, 11) is 2.26. The summed E-state index contributed by atoms with van der Waals surface area (Å²) in [6.45, 7) is 0.346. The van der Waals surface area contributed by atoms with Crippen LogP contribution in [0.4, 0.5) is 0 Å². The van der Waals surface area contributed by atoms with Crippen molar-refractivity contribution < 1.29 is 5.11 Å². The molecule has 14 heavy (non-hydrogen) atoms. The van der Waals surface area contributed by atoms with Gasteiger partial charge in [0.25, 0.3) is 0 Å². The molecule has 1 N–H and O–H groups in total. The van der Waals surface area contributed by atoms with Crippen molar-refractivity contribution in [2.75, 3.05) is 19.0 Å². The number of piperidine rings is 1. The van der Waals surface area contributed by atoms with Crippen molar-refractivity contribution in [1.29, 1.82) is 0 Å². The number of hydrogen-bond donors (Lipinski definition) is 1. The Balaban J connectivity index is 1.98. The van der Waals surface area contributed by atoms with Gasteiger partial charge < -0.3 is 10.0 Å². The lowest BCUT2D eigenvalue weighted by Crippen LogP contribution is -2.42. The van der Waals surface area contributed by atoms with E-state index in [0.717, 1.165) is 23.3 Å². The van der Waals surface area contributed by atoms with Gasteiger partial charge in [0.15, 0.2) is 0 Å². The molecule has 0 aromatic carbocycles. The van der Waals surface area contributed by atoms with Crippen LogP contribution in [-0.4, -0.2) is 41.1 Å². The molecular weight excluding hydrogens is 242 g/mol.